The van der Waals surface area contributed by atoms with Crippen molar-refractivity contribution in [3.8, 4) is 6.07 Å². The molecular weight excluding hydrogens is 214 g/mol. The maximum Gasteiger partial charge on any atom is 0.168 e. The van der Waals surface area contributed by atoms with Crippen molar-refractivity contribution in [2.75, 3.05) is 7.11 Å². The van der Waals surface area contributed by atoms with Crippen LogP contribution in [0.15, 0.2) is 24.3 Å². The number of ketones is 1. The third-order valence-electron chi connectivity index (χ3n) is 2.51. The molecule has 3 heteroatoms. The number of rotatable bonds is 3. The minimum Gasteiger partial charge on any atom is -0.362 e. The van der Waals surface area contributed by atoms with Crippen LogP contribution in [0.3, 0.4) is 0 Å². The molecule has 0 spiro atoms. The third-order valence-corrected chi connectivity index (χ3v) is 2.51. The zero-order valence-electron chi connectivity index (χ0n) is 10.7. The summed E-state index contributed by atoms with van der Waals surface area (Å²) in [5, 5.41) is 8.85. The minimum atomic E-state index is -0.575. The van der Waals surface area contributed by atoms with Gasteiger partial charge in [0.15, 0.2) is 11.9 Å². The normalized spacial score (nSPS) is 12.9. The second-order valence-electron chi connectivity index (χ2n) is 4.95. The topological polar surface area (TPSA) is 50.1 Å². The first-order valence-corrected chi connectivity index (χ1v) is 5.47. The number of methoxy groups -OCH3 is 1. The van der Waals surface area contributed by atoms with Gasteiger partial charge in [0, 0.05) is 18.1 Å². The monoisotopic (exact) mass is 231 g/mol. The molecule has 3 nitrogen and oxygen atoms in total. The van der Waals surface area contributed by atoms with Crippen LogP contribution < -0.4 is 0 Å². The molecular formula is C14H17NO2. The Kier molecular flexibility index (Phi) is 4.03. The van der Waals surface area contributed by atoms with E-state index in [9.17, 15) is 4.79 Å². The fraction of sp³-hybridized carbons (Fsp3) is 0.429. The van der Waals surface area contributed by atoms with Gasteiger partial charge in [-0.3, -0.25) is 4.79 Å². The summed E-state index contributed by atoms with van der Waals surface area (Å²) >= 11 is 0. The van der Waals surface area contributed by atoms with E-state index in [-0.39, 0.29) is 5.78 Å². The van der Waals surface area contributed by atoms with Crippen LogP contribution in [0, 0.1) is 16.7 Å². The van der Waals surface area contributed by atoms with Gasteiger partial charge in [0.1, 0.15) is 0 Å². The van der Waals surface area contributed by atoms with E-state index in [1.54, 1.807) is 24.3 Å². The lowest BCUT2D eigenvalue weighted by Gasteiger charge is -2.17. The smallest absolute Gasteiger partial charge is 0.168 e. The number of hydrogen-bond acceptors (Lipinski definition) is 3. The van der Waals surface area contributed by atoms with Crippen LogP contribution in [0.1, 0.15) is 42.8 Å². The fourth-order valence-corrected chi connectivity index (χ4v) is 1.51. The molecule has 0 amide bonds. The molecule has 0 radical (unpaired) electrons. The molecule has 0 fully saturated rings. The standard InChI is InChI=1S/C14H17NO2/c1-14(2,3)13(16)11-7-5-10(6-8-11)12(9-15)17-4/h5-8,12H,1-4H3. The first-order valence-electron chi connectivity index (χ1n) is 5.47. The number of hydrogen-bond donors (Lipinski definition) is 0. The van der Waals surface area contributed by atoms with Crippen LogP contribution in [-0.4, -0.2) is 12.9 Å². The van der Waals surface area contributed by atoms with E-state index in [0.29, 0.717) is 5.56 Å². The molecule has 1 atom stereocenters. The van der Waals surface area contributed by atoms with Crippen molar-refractivity contribution in [3.63, 3.8) is 0 Å². The second kappa shape index (κ2) is 5.11. The SMILES string of the molecule is COC(C#N)c1ccc(C(=O)C(C)(C)C)cc1. The molecule has 1 unspecified atom stereocenters. The Hall–Kier alpha value is -1.66. The maximum absolute atomic E-state index is 12.0. The van der Waals surface area contributed by atoms with E-state index < -0.39 is 11.5 Å². The van der Waals surface area contributed by atoms with Crippen molar-refractivity contribution in [2.45, 2.75) is 26.9 Å². The summed E-state index contributed by atoms with van der Waals surface area (Å²) in [5.74, 6) is 0.0926. The lowest BCUT2D eigenvalue weighted by Crippen LogP contribution is -2.20. The molecule has 0 saturated carbocycles. The van der Waals surface area contributed by atoms with Crippen LogP contribution in [-0.2, 0) is 4.74 Å². The zero-order valence-corrected chi connectivity index (χ0v) is 10.7. The first-order chi connectivity index (χ1) is 7.90. The van der Waals surface area contributed by atoms with Gasteiger partial charge in [0.2, 0.25) is 0 Å². The van der Waals surface area contributed by atoms with Crippen LogP contribution in [0.5, 0.6) is 0 Å². The highest BCUT2D eigenvalue weighted by Crippen LogP contribution is 2.22. The number of Topliss-reactive ketones (excluding diaryl/α,β-unsaturated/α-hetero) is 1. The van der Waals surface area contributed by atoms with E-state index in [1.165, 1.54) is 7.11 Å². The van der Waals surface area contributed by atoms with Gasteiger partial charge >= 0.3 is 0 Å². The average molecular weight is 231 g/mol. The zero-order chi connectivity index (χ0) is 13.1. The van der Waals surface area contributed by atoms with Crippen molar-refractivity contribution < 1.29 is 9.53 Å². The van der Waals surface area contributed by atoms with Gasteiger partial charge in [-0.25, -0.2) is 0 Å². The first kappa shape index (κ1) is 13.4. The van der Waals surface area contributed by atoms with E-state index in [2.05, 4.69) is 0 Å². The Bertz CT molecular complexity index is 435. The molecule has 0 aliphatic carbocycles. The number of benzene rings is 1. The van der Waals surface area contributed by atoms with Crippen molar-refractivity contribution in [1.29, 1.82) is 5.26 Å². The largest absolute Gasteiger partial charge is 0.362 e. The third kappa shape index (κ3) is 3.15. The number of nitriles is 1. The molecule has 17 heavy (non-hydrogen) atoms. The summed E-state index contributed by atoms with van der Waals surface area (Å²) in [5.41, 5.74) is 1.03. The van der Waals surface area contributed by atoms with Crippen LogP contribution in [0.2, 0.25) is 0 Å². The lowest BCUT2D eigenvalue weighted by molar-refractivity contribution is 0.0858. The molecule has 0 aliphatic rings. The van der Waals surface area contributed by atoms with Crippen molar-refractivity contribution in [1.82, 2.24) is 0 Å². The summed E-state index contributed by atoms with van der Waals surface area (Å²) in [6.45, 7) is 5.66. The Morgan fingerprint density at radius 1 is 1.29 bits per heavy atom. The molecule has 0 saturated heterocycles. The van der Waals surface area contributed by atoms with Crippen LogP contribution >= 0.6 is 0 Å². The Morgan fingerprint density at radius 2 is 1.82 bits per heavy atom. The van der Waals surface area contributed by atoms with Gasteiger partial charge in [-0.2, -0.15) is 5.26 Å². The Labute approximate surface area is 102 Å². The maximum atomic E-state index is 12.0. The van der Waals surface area contributed by atoms with Crippen LogP contribution in [0.4, 0.5) is 0 Å². The number of carbonyl (C=O) groups is 1. The summed E-state index contributed by atoms with van der Waals surface area (Å²) in [6, 6.07) is 9.05. The van der Waals surface area contributed by atoms with Crippen molar-refractivity contribution in [3.05, 3.63) is 35.4 Å². The number of carbonyl (C=O) groups excluding carboxylic acids is 1. The summed E-state index contributed by atoms with van der Waals surface area (Å²) < 4.78 is 5.01. The van der Waals surface area contributed by atoms with Gasteiger partial charge in [0.05, 0.1) is 6.07 Å². The summed E-state index contributed by atoms with van der Waals surface area (Å²) in [6.07, 6.45) is -0.575. The average Bonchev–Trinajstić information content (AvgIpc) is 2.29. The van der Waals surface area contributed by atoms with Crippen molar-refractivity contribution >= 4 is 5.78 Å². The molecule has 0 aromatic heterocycles. The van der Waals surface area contributed by atoms with Gasteiger partial charge in [-0.15, -0.1) is 0 Å². The highest BCUT2D eigenvalue weighted by Gasteiger charge is 2.22. The molecule has 0 aliphatic heterocycles. The molecule has 90 valence electrons. The molecule has 1 aromatic carbocycles. The van der Waals surface area contributed by atoms with E-state index in [0.717, 1.165) is 5.56 Å². The fourth-order valence-electron chi connectivity index (χ4n) is 1.51. The second-order valence-corrected chi connectivity index (χ2v) is 4.95. The summed E-state index contributed by atoms with van der Waals surface area (Å²) in [4.78, 5) is 12.0. The molecule has 0 N–H and O–H groups in total. The summed E-state index contributed by atoms with van der Waals surface area (Å²) in [7, 11) is 1.49. The van der Waals surface area contributed by atoms with Crippen LogP contribution in [0.25, 0.3) is 0 Å². The molecule has 0 heterocycles. The molecule has 0 bridgehead atoms. The van der Waals surface area contributed by atoms with Gasteiger partial charge in [-0.05, 0) is 5.56 Å². The predicted octanol–water partition coefficient (Wildman–Crippen LogP) is 3.13. The molecule has 1 aromatic rings. The number of nitrogens with zero attached hydrogens (tertiary/aromatic N) is 1. The predicted molar refractivity (Wildman–Crippen MR) is 65.6 cm³/mol. The minimum absolute atomic E-state index is 0.0926. The molecule has 1 rings (SSSR count). The Morgan fingerprint density at radius 3 is 2.18 bits per heavy atom. The van der Waals surface area contributed by atoms with E-state index >= 15 is 0 Å². The lowest BCUT2D eigenvalue weighted by atomic mass is 9.86. The van der Waals surface area contributed by atoms with Crippen molar-refractivity contribution in [2.24, 2.45) is 5.41 Å². The van der Waals surface area contributed by atoms with Gasteiger partial charge < -0.3 is 4.74 Å². The van der Waals surface area contributed by atoms with E-state index in [4.69, 9.17) is 10.00 Å². The Balaban J connectivity index is 2.97. The number of ether oxygens (including phenoxy) is 1. The van der Waals surface area contributed by atoms with E-state index in [1.807, 2.05) is 26.8 Å². The van der Waals surface area contributed by atoms with Gasteiger partial charge in [0.25, 0.3) is 0 Å². The van der Waals surface area contributed by atoms with Gasteiger partial charge in [-0.1, -0.05) is 45.0 Å². The highest BCUT2D eigenvalue weighted by molar-refractivity contribution is 5.99. The highest BCUT2D eigenvalue weighted by atomic mass is 16.5. The quantitative estimate of drug-likeness (QED) is 0.751.